The zero-order valence-electron chi connectivity index (χ0n) is 11.5. The van der Waals surface area contributed by atoms with Gasteiger partial charge in [0.2, 0.25) is 0 Å². The summed E-state index contributed by atoms with van der Waals surface area (Å²) < 4.78 is 0. The number of hydrogen-bond acceptors (Lipinski definition) is 6. The quantitative estimate of drug-likeness (QED) is 0.878. The fourth-order valence-electron chi connectivity index (χ4n) is 1.91. The lowest BCUT2D eigenvalue weighted by Gasteiger charge is -2.26. The lowest BCUT2D eigenvalue weighted by molar-refractivity contribution is 0.599. The molecule has 0 saturated heterocycles. The van der Waals surface area contributed by atoms with Gasteiger partial charge in [-0.2, -0.15) is 0 Å². The third-order valence-electron chi connectivity index (χ3n) is 2.88. The molecule has 2 heterocycles. The highest BCUT2D eigenvalue weighted by Gasteiger charge is 2.25. The van der Waals surface area contributed by atoms with Crippen molar-refractivity contribution in [1.29, 1.82) is 0 Å². The Hall–Kier alpha value is -1.69. The molecule has 0 spiro atoms. The lowest BCUT2D eigenvalue weighted by Crippen LogP contribution is -2.29. The van der Waals surface area contributed by atoms with Crippen molar-refractivity contribution in [1.82, 2.24) is 15.0 Å². The number of nitrogen functional groups attached to an aromatic ring is 1. The number of nitrogens with zero attached hydrogens (tertiary/aromatic N) is 3. The van der Waals surface area contributed by atoms with Crippen LogP contribution in [0.3, 0.4) is 0 Å². The van der Waals surface area contributed by atoms with Crippen LogP contribution in [0.5, 0.6) is 0 Å². The van der Waals surface area contributed by atoms with Gasteiger partial charge in [0, 0.05) is 17.1 Å². The number of aromatic nitrogens is 3. The SMILES string of the molecule is CCCc1c(N)ncnc1NC(C)(C)c1nccs1. The predicted molar refractivity (Wildman–Crippen MR) is 79.2 cm³/mol. The van der Waals surface area contributed by atoms with Crippen LogP contribution in [0.4, 0.5) is 11.6 Å². The van der Waals surface area contributed by atoms with Crippen molar-refractivity contribution in [3.63, 3.8) is 0 Å². The molecule has 2 aromatic rings. The molecule has 0 amide bonds. The summed E-state index contributed by atoms with van der Waals surface area (Å²) in [5.74, 6) is 1.35. The summed E-state index contributed by atoms with van der Waals surface area (Å²) >= 11 is 1.62. The first-order valence-corrected chi connectivity index (χ1v) is 7.20. The summed E-state index contributed by atoms with van der Waals surface area (Å²) in [5.41, 5.74) is 6.64. The van der Waals surface area contributed by atoms with Crippen molar-refractivity contribution < 1.29 is 0 Å². The molecule has 6 heteroatoms. The number of hydrogen-bond donors (Lipinski definition) is 2. The van der Waals surface area contributed by atoms with E-state index in [-0.39, 0.29) is 5.54 Å². The molecule has 0 radical (unpaired) electrons. The van der Waals surface area contributed by atoms with E-state index in [0.717, 1.165) is 29.2 Å². The van der Waals surface area contributed by atoms with Gasteiger partial charge in [0.1, 0.15) is 23.0 Å². The molecule has 0 aromatic carbocycles. The highest BCUT2D eigenvalue weighted by atomic mass is 32.1. The van der Waals surface area contributed by atoms with E-state index in [2.05, 4.69) is 41.0 Å². The van der Waals surface area contributed by atoms with Gasteiger partial charge in [0.05, 0.1) is 5.54 Å². The number of anilines is 2. The van der Waals surface area contributed by atoms with Crippen LogP contribution in [0.2, 0.25) is 0 Å². The van der Waals surface area contributed by atoms with Crippen LogP contribution in [0, 0.1) is 0 Å². The van der Waals surface area contributed by atoms with E-state index in [9.17, 15) is 0 Å². The lowest BCUT2D eigenvalue weighted by atomic mass is 10.1. The summed E-state index contributed by atoms with van der Waals surface area (Å²) in [6.07, 6.45) is 5.17. The second kappa shape index (κ2) is 5.52. The molecule has 3 N–H and O–H groups in total. The number of nitrogens with one attached hydrogen (secondary N) is 1. The van der Waals surface area contributed by atoms with Crippen molar-refractivity contribution >= 4 is 23.0 Å². The monoisotopic (exact) mass is 277 g/mol. The Morgan fingerprint density at radius 1 is 1.32 bits per heavy atom. The van der Waals surface area contributed by atoms with Crippen molar-refractivity contribution in [2.75, 3.05) is 11.1 Å². The molecule has 0 aliphatic rings. The Kier molecular flexibility index (Phi) is 3.99. The van der Waals surface area contributed by atoms with Crippen LogP contribution in [0.25, 0.3) is 0 Å². The second-order valence-corrected chi connectivity index (χ2v) is 5.82. The first kappa shape index (κ1) is 13.7. The first-order chi connectivity index (χ1) is 9.04. The minimum absolute atomic E-state index is 0.280. The van der Waals surface area contributed by atoms with Crippen LogP contribution >= 0.6 is 11.3 Å². The Balaban J connectivity index is 2.30. The average Bonchev–Trinajstić information content (AvgIpc) is 2.88. The zero-order chi connectivity index (χ0) is 13.9. The molecule has 0 aliphatic carbocycles. The van der Waals surface area contributed by atoms with Gasteiger partial charge in [-0.1, -0.05) is 13.3 Å². The Morgan fingerprint density at radius 3 is 2.74 bits per heavy atom. The molecular weight excluding hydrogens is 258 g/mol. The van der Waals surface area contributed by atoms with Crippen molar-refractivity contribution in [3.8, 4) is 0 Å². The second-order valence-electron chi connectivity index (χ2n) is 4.92. The van der Waals surface area contributed by atoms with E-state index in [4.69, 9.17) is 5.73 Å². The van der Waals surface area contributed by atoms with Crippen LogP contribution in [0.1, 0.15) is 37.8 Å². The fourth-order valence-corrected chi connectivity index (χ4v) is 2.63. The molecule has 0 unspecified atom stereocenters. The maximum atomic E-state index is 5.94. The van der Waals surface area contributed by atoms with E-state index in [1.165, 1.54) is 6.33 Å². The molecule has 0 atom stereocenters. The third kappa shape index (κ3) is 3.01. The highest BCUT2D eigenvalue weighted by molar-refractivity contribution is 7.09. The third-order valence-corrected chi connectivity index (χ3v) is 3.97. The van der Waals surface area contributed by atoms with Crippen LogP contribution in [-0.4, -0.2) is 15.0 Å². The van der Waals surface area contributed by atoms with Gasteiger partial charge >= 0.3 is 0 Å². The van der Waals surface area contributed by atoms with E-state index >= 15 is 0 Å². The molecule has 102 valence electrons. The Morgan fingerprint density at radius 2 is 2.11 bits per heavy atom. The Bertz CT molecular complexity index is 536. The van der Waals surface area contributed by atoms with E-state index in [0.29, 0.717) is 5.82 Å². The topological polar surface area (TPSA) is 76.7 Å². The highest BCUT2D eigenvalue weighted by Crippen LogP contribution is 2.29. The summed E-state index contributed by atoms with van der Waals surface area (Å²) in [6, 6.07) is 0. The summed E-state index contributed by atoms with van der Waals surface area (Å²) in [7, 11) is 0. The minimum Gasteiger partial charge on any atom is -0.383 e. The van der Waals surface area contributed by atoms with E-state index in [1.807, 2.05) is 11.6 Å². The molecule has 0 aliphatic heterocycles. The van der Waals surface area contributed by atoms with E-state index in [1.54, 1.807) is 11.3 Å². The van der Waals surface area contributed by atoms with Gasteiger partial charge in [-0.3, -0.25) is 0 Å². The van der Waals surface area contributed by atoms with Gasteiger partial charge in [0.25, 0.3) is 0 Å². The molecule has 0 bridgehead atoms. The standard InChI is InChI=1S/C13H19N5S/c1-4-5-9-10(14)16-8-17-11(9)18-13(2,3)12-15-6-7-19-12/h6-8H,4-5H2,1-3H3,(H3,14,16,17,18). The molecule has 2 rings (SSSR count). The average molecular weight is 277 g/mol. The molecular formula is C13H19N5S. The predicted octanol–water partition coefficient (Wildman–Crippen LogP) is 2.82. The summed E-state index contributed by atoms with van der Waals surface area (Å²) in [4.78, 5) is 12.8. The largest absolute Gasteiger partial charge is 0.383 e. The van der Waals surface area contributed by atoms with Crippen molar-refractivity contribution in [2.24, 2.45) is 0 Å². The maximum absolute atomic E-state index is 5.94. The van der Waals surface area contributed by atoms with Gasteiger partial charge in [0.15, 0.2) is 0 Å². The molecule has 5 nitrogen and oxygen atoms in total. The molecule has 0 saturated carbocycles. The summed E-state index contributed by atoms with van der Waals surface area (Å²) in [5, 5.41) is 6.42. The first-order valence-electron chi connectivity index (χ1n) is 6.32. The number of nitrogens with two attached hydrogens (primary N) is 1. The van der Waals surface area contributed by atoms with Gasteiger partial charge in [-0.25, -0.2) is 15.0 Å². The van der Waals surface area contributed by atoms with Crippen molar-refractivity contribution in [2.45, 2.75) is 39.2 Å². The maximum Gasteiger partial charge on any atom is 0.135 e. The minimum atomic E-state index is -0.280. The van der Waals surface area contributed by atoms with Crippen LogP contribution in [-0.2, 0) is 12.0 Å². The molecule has 19 heavy (non-hydrogen) atoms. The zero-order valence-corrected chi connectivity index (χ0v) is 12.3. The summed E-state index contributed by atoms with van der Waals surface area (Å²) in [6.45, 7) is 6.28. The van der Waals surface area contributed by atoms with Gasteiger partial charge in [-0.05, 0) is 20.3 Å². The van der Waals surface area contributed by atoms with E-state index < -0.39 is 0 Å². The fraction of sp³-hybridized carbons (Fsp3) is 0.462. The normalized spacial score (nSPS) is 11.5. The number of thiazole rings is 1. The number of rotatable bonds is 5. The Labute approximate surface area is 117 Å². The van der Waals surface area contributed by atoms with Crippen LogP contribution < -0.4 is 11.1 Å². The van der Waals surface area contributed by atoms with Gasteiger partial charge < -0.3 is 11.1 Å². The molecule has 2 aromatic heterocycles. The molecule has 0 fully saturated rings. The van der Waals surface area contributed by atoms with Crippen molar-refractivity contribution in [3.05, 3.63) is 28.5 Å². The smallest absolute Gasteiger partial charge is 0.135 e. The van der Waals surface area contributed by atoms with Gasteiger partial charge in [-0.15, -0.1) is 11.3 Å². The van der Waals surface area contributed by atoms with Crippen LogP contribution in [0.15, 0.2) is 17.9 Å².